The number of quaternary nitrogens is 1. The molecule has 0 saturated heterocycles. The number of hydrogen-bond donors (Lipinski definition) is 0. The zero-order valence-electron chi connectivity index (χ0n) is 60.7. The van der Waals surface area contributed by atoms with Gasteiger partial charge in [-0.05, 0) is 103 Å². The van der Waals surface area contributed by atoms with Crippen molar-refractivity contribution in [1.29, 1.82) is 0 Å². The number of rotatable bonds is 71. The minimum atomic E-state index is -4.66. The third kappa shape index (κ3) is 75.7. The molecule has 0 spiro atoms. The van der Waals surface area contributed by atoms with Gasteiger partial charge in [-0.15, -0.1) is 0 Å². The molecule has 0 aliphatic carbocycles. The lowest BCUT2D eigenvalue weighted by Crippen LogP contribution is -2.37. The Morgan fingerprint density at radius 1 is 0.348 bits per heavy atom. The van der Waals surface area contributed by atoms with Crippen molar-refractivity contribution in [2.45, 2.75) is 354 Å². The normalized spacial score (nSPS) is 13.7. The van der Waals surface area contributed by atoms with E-state index in [2.05, 4.69) is 123 Å². The number of ether oxygens (including phenoxy) is 2. The van der Waals surface area contributed by atoms with Crippen molar-refractivity contribution in [3.8, 4) is 0 Å². The molecule has 0 bridgehead atoms. The summed E-state index contributed by atoms with van der Waals surface area (Å²) in [6, 6.07) is 0. The number of carbonyl (C=O) groups excluding carboxylic acids is 2. The van der Waals surface area contributed by atoms with E-state index < -0.39 is 26.5 Å². The van der Waals surface area contributed by atoms with Crippen molar-refractivity contribution in [1.82, 2.24) is 0 Å². The van der Waals surface area contributed by atoms with Crippen LogP contribution in [0.15, 0.2) is 109 Å². The first kappa shape index (κ1) is 88.7. The van der Waals surface area contributed by atoms with Gasteiger partial charge in [-0.3, -0.25) is 14.2 Å². The van der Waals surface area contributed by atoms with Crippen LogP contribution in [0.1, 0.15) is 348 Å². The smallest absolute Gasteiger partial charge is 0.306 e. The number of hydrogen-bond acceptors (Lipinski definition) is 8. The van der Waals surface area contributed by atoms with Gasteiger partial charge < -0.3 is 27.9 Å². The third-order valence-electron chi connectivity index (χ3n) is 16.8. The lowest BCUT2D eigenvalue weighted by atomic mass is 10.0. The largest absolute Gasteiger partial charge is 0.756 e. The van der Waals surface area contributed by atoms with Crippen molar-refractivity contribution in [3.63, 3.8) is 0 Å². The van der Waals surface area contributed by atoms with Gasteiger partial charge in [0.1, 0.15) is 19.8 Å². The molecule has 92 heavy (non-hydrogen) atoms. The fourth-order valence-electron chi connectivity index (χ4n) is 10.9. The number of nitrogens with zero attached hydrogens (tertiary/aromatic N) is 1. The highest BCUT2D eigenvalue weighted by atomic mass is 31.2. The van der Waals surface area contributed by atoms with E-state index >= 15 is 0 Å². The highest BCUT2D eigenvalue weighted by Gasteiger charge is 2.22. The monoisotopic (exact) mass is 1300 g/mol. The lowest BCUT2D eigenvalue weighted by Gasteiger charge is -2.28. The molecule has 0 aromatic rings. The summed E-state index contributed by atoms with van der Waals surface area (Å²) in [6.45, 7) is 4.13. The second-order valence-corrected chi connectivity index (χ2v) is 28.4. The summed E-state index contributed by atoms with van der Waals surface area (Å²) in [4.78, 5) is 38.1. The molecule has 0 saturated carbocycles. The van der Waals surface area contributed by atoms with Gasteiger partial charge in [0.25, 0.3) is 7.82 Å². The van der Waals surface area contributed by atoms with E-state index in [0.29, 0.717) is 17.4 Å². The van der Waals surface area contributed by atoms with E-state index in [-0.39, 0.29) is 32.0 Å². The van der Waals surface area contributed by atoms with Crippen LogP contribution in [0.25, 0.3) is 0 Å². The van der Waals surface area contributed by atoms with Gasteiger partial charge in [-0.25, -0.2) is 0 Å². The topological polar surface area (TPSA) is 111 Å². The maximum absolute atomic E-state index is 12.9. The quantitative estimate of drug-likeness (QED) is 0.0195. The molecule has 10 heteroatoms. The number of phosphoric acid groups is 1. The first-order valence-corrected chi connectivity index (χ1v) is 40.1. The number of likely N-dealkylation sites (N-methyl/N-ethyl adjacent to an activating group) is 1. The molecular weight excluding hydrogens is 1160 g/mol. The van der Waals surface area contributed by atoms with Crippen LogP contribution in [0.3, 0.4) is 0 Å². The molecule has 0 heterocycles. The Labute approximate surface area is 569 Å². The molecule has 2 atom stereocenters. The summed E-state index contributed by atoms with van der Waals surface area (Å²) >= 11 is 0. The first-order chi connectivity index (χ1) is 45.0. The summed E-state index contributed by atoms with van der Waals surface area (Å²) in [5.74, 6) is -0.856. The molecule has 0 amide bonds. The van der Waals surface area contributed by atoms with E-state index in [9.17, 15) is 19.0 Å². The Morgan fingerprint density at radius 2 is 0.620 bits per heavy atom. The summed E-state index contributed by atoms with van der Waals surface area (Å²) in [7, 11) is 1.15. The minimum absolute atomic E-state index is 0.0402. The predicted molar refractivity (Wildman–Crippen MR) is 397 cm³/mol. The summed E-state index contributed by atoms with van der Waals surface area (Å²) in [5, 5.41) is 0. The molecule has 0 radical (unpaired) electrons. The van der Waals surface area contributed by atoms with Gasteiger partial charge in [-0.2, -0.15) is 0 Å². The lowest BCUT2D eigenvalue weighted by molar-refractivity contribution is -0.870. The van der Waals surface area contributed by atoms with Gasteiger partial charge in [-0.1, -0.05) is 342 Å². The van der Waals surface area contributed by atoms with Gasteiger partial charge in [0.05, 0.1) is 27.7 Å². The molecule has 9 nitrogen and oxygen atoms in total. The van der Waals surface area contributed by atoms with Gasteiger partial charge >= 0.3 is 11.9 Å². The van der Waals surface area contributed by atoms with Crippen LogP contribution < -0.4 is 4.89 Å². The van der Waals surface area contributed by atoms with Crippen molar-refractivity contribution in [2.75, 3.05) is 47.5 Å². The molecule has 0 aromatic heterocycles. The fourth-order valence-corrected chi connectivity index (χ4v) is 11.6. The Balaban J connectivity index is 4.00. The van der Waals surface area contributed by atoms with Gasteiger partial charge in [0.15, 0.2) is 6.10 Å². The van der Waals surface area contributed by atoms with E-state index in [1.165, 1.54) is 218 Å². The highest BCUT2D eigenvalue weighted by Crippen LogP contribution is 2.38. The van der Waals surface area contributed by atoms with Crippen LogP contribution in [0.4, 0.5) is 0 Å². The molecule has 0 fully saturated rings. The van der Waals surface area contributed by atoms with E-state index in [0.717, 1.165) is 96.3 Å². The number of phosphoric ester groups is 1. The zero-order chi connectivity index (χ0) is 66.9. The molecule has 532 valence electrons. The van der Waals surface area contributed by atoms with Crippen LogP contribution in [0.5, 0.6) is 0 Å². The third-order valence-corrected chi connectivity index (χ3v) is 17.7. The maximum atomic E-state index is 12.9. The molecule has 0 aliphatic rings. The molecule has 0 rings (SSSR count). The molecular formula is C82H146NO8P. The molecule has 0 N–H and O–H groups in total. The Morgan fingerprint density at radius 3 is 0.935 bits per heavy atom. The SMILES string of the molecule is CC/C=C\C/C=C\C/C=C\C/C=C\C/C=C\C/C=C\C/C=C\C/C=C\CCCCCCC(=O)OC(COC(=O)CCCCCCCCCCCCCCCCCCCCCCCCCCCCC/C=C\CCCCCCCCCC)COP(=O)([O-])OCC[N+](C)(C)C. The Hall–Kier alpha value is -3.33. The average molecular weight is 1310 g/mol. The standard InChI is InChI=1S/C82H146NO8P/c1-6-8-10-12-14-16-18-20-22-24-26-28-30-32-34-36-37-38-39-40-41-42-43-44-45-47-48-50-52-54-56-58-60-62-64-66-68-70-72-74-81(84)88-78-80(79-90-92(86,87)89-77-76-83(3,4)5)91-82(85)75-73-71-69-67-65-63-61-59-57-55-53-51-49-46-35-33-31-29-27-25-23-21-19-17-15-13-11-9-7-2/h9,11,15,17,21,23-24,26-27,29,33,35,49,51,55,57,61,63,80H,6-8,10,12-14,16,18-20,22,25,28,30-32,34,36-48,50,52-54,56,58-60,62,64-79H2,1-5H3/b11-9-,17-15-,23-21-,26-24-,29-27-,35-33-,51-49-,57-55-,63-61-. The fraction of sp³-hybridized carbons (Fsp3) is 0.756. The number of esters is 2. The van der Waals surface area contributed by atoms with E-state index in [4.69, 9.17) is 18.5 Å². The van der Waals surface area contributed by atoms with E-state index in [1.54, 1.807) is 0 Å². The van der Waals surface area contributed by atoms with Crippen LogP contribution in [0.2, 0.25) is 0 Å². The predicted octanol–water partition coefficient (Wildman–Crippen LogP) is 25.0. The number of unbranched alkanes of at least 4 members (excludes halogenated alkanes) is 39. The zero-order valence-corrected chi connectivity index (χ0v) is 61.6. The Bertz CT molecular complexity index is 1920. The number of allylic oxidation sites excluding steroid dienone is 18. The molecule has 0 aromatic carbocycles. The van der Waals surface area contributed by atoms with Gasteiger partial charge in [0.2, 0.25) is 0 Å². The van der Waals surface area contributed by atoms with Crippen LogP contribution in [-0.4, -0.2) is 70.0 Å². The second kappa shape index (κ2) is 72.0. The minimum Gasteiger partial charge on any atom is -0.756 e. The van der Waals surface area contributed by atoms with Crippen molar-refractivity contribution in [3.05, 3.63) is 109 Å². The Kier molecular flexibility index (Phi) is 69.3. The van der Waals surface area contributed by atoms with Crippen molar-refractivity contribution >= 4 is 19.8 Å². The molecule has 0 aliphatic heterocycles. The summed E-state index contributed by atoms with van der Waals surface area (Å²) < 4.78 is 34.3. The van der Waals surface area contributed by atoms with Crippen molar-refractivity contribution in [2.24, 2.45) is 0 Å². The maximum Gasteiger partial charge on any atom is 0.306 e. The van der Waals surface area contributed by atoms with Crippen molar-refractivity contribution < 1.29 is 42.1 Å². The number of carbonyl (C=O) groups is 2. The first-order valence-electron chi connectivity index (χ1n) is 38.6. The molecule has 2 unspecified atom stereocenters. The van der Waals surface area contributed by atoms with Crippen LogP contribution >= 0.6 is 7.82 Å². The van der Waals surface area contributed by atoms with Gasteiger partial charge in [0, 0.05) is 12.8 Å². The van der Waals surface area contributed by atoms with Crippen LogP contribution in [-0.2, 0) is 32.7 Å². The second-order valence-electron chi connectivity index (χ2n) is 27.0. The van der Waals surface area contributed by atoms with Crippen LogP contribution in [0, 0.1) is 0 Å². The average Bonchev–Trinajstić information content (AvgIpc) is 2.14. The highest BCUT2D eigenvalue weighted by molar-refractivity contribution is 7.45. The summed E-state index contributed by atoms with van der Waals surface area (Å²) in [5.41, 5.74) is 0. The van der Waals surface area contributed by atoms with E-state index in [1.807, 2.05) is 21.1 Å². The summed E-state index contributed by atoms with van der Waals surface area (Å²) in [6.07, 6.45) is 102.